The second kappa shape index (κ2) is 26.4. The first-order valence-corrected chi connectivity index (χ1v) is 17.7. The van der Waals surface area contributed by atoms with Gasteiger partial charge in [-0.3, -0.25) is 4.79 Å². The number of carbonyl (C=O) groups excluding carboxylic acids is 1. The SMILES string of the molecule is CCCCCCCCCCCCC(=O)N[C@@H](CO[C@@H]1O[C@H](CO)[C@H](O)C(O)C1O)[C@H](O)CCCCCCCCCCCC. The van der Waals surface area contributed by atoms with Crippen LogP contribution in [-0.4, -0.2) is 87.5 Å². The Kier molecular flexibility index (Phi) is 24.7. The lowest BCUT2D eigenvalue weighted by atomic mass is 9.99. The van der Waals surface area contributed by atoms with Crippen molar-refractivity contribution < 1.29 is 39.8 Å². The second-order valence-corrected chi connectivity index (χ2v) is 12.7. The van der Waals surface area contributed by atoms with Crippen molar-refractivity contribution in [2.75, 3.05) is 13.2 Å². The van der Waals surface area contributed by atoms with Gasteiger partial charge < -0.3 is 40.3 Å². The summed E-state index contributed by atoms with van der Waals surface area (Å²) in [6.07, 6.45) is 16.9. The van der Waals surface area contributed by atoms with E-state index < -0.39 is 49.5 Å². The van der Waals surface area contributed by atoms with Crippen LogP contribution in [0.1, 0.15) is 155 Å². The molecule has 9 nitrogen and oxygen atoms in total. The maximum absolute atomic E-state index is 12.8. The van der Waals surface area contributed by atoms with Crippen LogP contribution in [0.4, 0.5) is 0 Å². The van der Waals surface area contributed by atoms with E-state index in [2.05, 4.69) is 19.2 Å². The van der Waals surface area contributed by atoms with Crippen LogP contribution in [0.25, 0.3) is 0 Å². The number of amides is 1. The predicted molar refractivity (Wildman–Crippen MR) is 171 cm³/mol. The van der Waals surface area contributed by atoms with E-state index in [9.17, 15) is 30.3 Å². The minimum absolute atomic E-state index is 0.134. The van der Waals surface area contributed by atoms with Crippen molar-refractivity contribution in [3.63, 3.8) is 0 Å². The molecule has 2 unspecified atom stereocenters. The number of carbonyl (C=O) groups is 1. The largest absolute Gasteiger partial charge is 0.394 e. The zero-order chi connectivity index (χ0) is 31.7. The fourth-order valence-corrected chi connectivity index (χ4v) is 5.75. The van der Waals surface area contributed by atoms with Crippen molar-refractivity contribution >= 4 is 5.91 Å². The van der Waals surface area contributed by atoms with Gasteiger partial charge in [-0.15, -0.1) is 0 Å². The smallest absolute Gasteiger partial charge is 0.220 e. The molecule has 0 spiro atoms. The highest BCUT2D eigenvalue weighted by molar-refractivity contribution is 5.76. The Balaban J connectivity index is 2.47. The number of hydrogen-bond acceptors (Lipinski definition) is 8. The lowest BCUT2D eigenvalue weighted by Gasteiger charge is -2.40. The van der Waals surface area contributed by atoms with Crippen molar-refractivity contribution in [1.82, 2.24) is 5.32 Å². The summed E-state index contributed by atoms with van der Waals surface area (Å²) in [5.74, 6) is -0.149. The molecule has 0 bridgehead atoms. The van der Waals surface area contributed by atoms with E-state index in [1.54, 1.807) is 0 Å². The zero-order valence-electron chi connectivity index (χ0n) is 27.5. The molecule has 0 aromatic heterocycles. The highest BCUT2D eigenvalue weighted by atomic mass is 16.7. The fourth-order valence-electron chi connectivity index (χ4n) is 5.75. The molecule has 1 saturated heterocycles. The molecular weight excluding hydrogens is 550 g/mol. The molecule has 1 aliphatic heterocycles. The van der Waals surface area contributed by atoms with Gasteiger partial charge in [-0.1, -0.05) is 136 Å². The van der Waals surface area contributed by atoms with Crippen molar-refractivity contribution in [2.24, 2.45) is 0 Å². The van der Waals surface area contributed by atoms with Gasteiger partial charge in [0.05, 0.1) is 25.4 Å². The normalized spacial score (nSPS) is 23.7. The van der Waals surface area contributed by atoms with Gasteiger partial charge in [0.15, 0.2) is 6.29 Å². The fraction of sp³-hybridized carbons (Fsp3) is 0.971. The van der Waals surface area contributed by atoms with Crippen molar-refractivity contribution in [1.29, 1.82) is 0 Å². The summed E-state index contributed by atoms with van der Waals surface area (Å²) in [5, 5.41) is 53.8. The highest BCUT2D eigenvalue weighted by Gasteiger charge is 2.44. The number of unbranched alkanes of at least 4 members (excludes halogenated alkanes) is 18. The monoisotopic (exact) mass is 617 g/mol. The van der Waals surface area contributed by atoms with Crippen LogP contribution in [0, 0.1) is 0 Å². The van der Waals surface area contributed by atoms with E-state index in [1.807, 2.05) is 0 Å². The van der Waals surface area contributed by atoms with E-state index in [0.29, 0.717) is 12.8 Å². The Morgan fingerprint density at radius 2 is 1.16 bits per heavy atom. The first kappa shape index (κ1) is 40.2. The van der Waals surface area contributed by atoms with Crippen molar-refractivity contribution in [3.8, 4) is 0 Å². The summed E-state index contributed by atoms with van der Waals surface area (Å²) in [4.78, 5) is 12.8. The first-order valence-electron chi connectivity index (χ1n) is 17.7. The van der Waals surface area contributed by atoms with Crippen LogP contribution < -0.4 is 5.32 Å². The summed E-state index contributed by atoms with van der Waals surface area (Å²) in [5.41, 5.74) is 0. The minimum atomic E-state index is -1.54. The Labute approximate surface area is 262 Å². The topological polar surface area (TPSA) is 149 Å². The highest BCUT2D eigenvalue weighted by Crippen LogP contribution is 2.23. The standard InChI is InChI=1S/C34H67NO8/c1-3-5-7-9-11-13-15-17-19-21-23-28(37)27(26-42-34-33(41)32(40)31(39)29(25-36)43-34)35-30(38)24-22-20-18-16-14-12-10-8-6-4-2/h27-29,31-34,36-37,39-41H,3-26H2,1-2H3,(H,35,38)/t27-,28+,29+,31-,32?,33?,34+/m0/s1. The summed E-state index contributed by atoms with van der Waals surface area (Å²) in [6.45, 7) is 3.77. The molecule has 9 heteroatoms. The Morgan fingerprint density at radius 3 is 1.65 bits per heavy atom. The minimum Gasteiger partial charge on any atom is -0.394 e. The summed E-state index contributed by atoms with van der Waals surface area (Å²) in [6, 6.07) is -0.707. The lowest BCUT2D eigenvalue weighted by Crippen LogP contribution is -2.60. The zero-order valence-corrected chi connectivity index (χ0v) is 27.5. The van der Waals surface area contributed by atoms with Gasteiger partial charge in [0.25, 0.3) is 0 Å². The van der Waals surface area contributed by atoms with Gasteiger partial charge in [-0.25, -0.2) is 0 Å². The maximum Gasteiger partial charge on any atom is 0.220 e. The van der Waals surface area contributed by atoms with Crippen LogP contribution in [0.2, 0.25) is 0 Å². The molecule has 1 heterocycles. The average molecular weight is 618 g/mol. The van der Waals surface area contributed by atoms with E-state index in [1.165, 1.54) is 89.9 Å². The number of hydrogen-bond donors (Lipinski definition) is 6. The predicted octanol–water partition coefficient (Wildman–Crippen LogP) is 5.27. The molecule has 0 aromatic carbocycles. The molecule has 0 aromatic rings. The molecule has 256 valence electrons. The van der Waals surface area contributed by atoms with Crippen LogP contribution in [-0.2, 0) is 14.3 Å². The maximum atomic E-state index is 12.8. The van der Waals surface area contributed by atoms with Crippen LogP contribution in [0.3, 0.4) is 0 Å². The second-order valence-electron chi connectivity index (χ2n) is 12.7. The molecule has 43 heavy (non-hydrogen) atoms. The summed E-state index contributed by atoms with van der Waals surface area (Å²) in [7, 11) is 0. The summed E-state index contributed by atoms with van der Waals surface area (Å²) < 4.78 is 11.2. The van der Waals surface area contributed by atoms with E-state index in [4.69, 9.17) is 9.47 Å². The number of aliphatic hydroxyl groups is 5. The molecular formula is C34H67NO8. The third kappa shape index (κ3) is 18.7. The first-order chi connectivity index (χ1) is 20.8. The molecule has 0 radical (unpaired) electrons. The number of nitrogens with one attached hydrogen (secondary N) is 1. The van der Waals surface area contributed by atoms with Crippen molar-refractivity contribution in [3.05, 3.63) is 0 Å². The van der Waals surface area contributed by atoms with E-state index in [-0.39, 0.29) is 12.5 Å². The molecule has 0 aliphatic carbocycles. The van der Waals surface area contributed by atoms with Crippen molar-refractivity contribution in [2.45, 2.75) is 198 Å². The van der Waals surface area contributed by atoms with Crippen LogP contribution >= 0.6 is 0 Å². The molecule has 0 saturated carbocycles. The molecule has 1 fully saturated rings. The molecule has 1 aliphatic rings. The van der Waals surface area contributed by atoms with Gasteiger partial charge in [0.2, 0.25) is 5.91 Å². The molecule has 7 atom stereocenters. The number of ether oxygens (including phenoxy) is 2. The van der Waals surface area contributed by atoms with Gasteiger partial charge >= 0.3 is 0 Å². The van der Waals surface area contributed by atoms with Crippen LogP contribution in [0.5, 0.6) is 0 Å². The number of aliphatic hydroxyl groups excluding tert-OH is 5. The average Bonchev–Trinajstić information content (AvgIpc) is 3.00. The van der Waals surface area contributed by atoms with Gasteiger partial charge in [-0.05, 0) is 12.8 Å². The third-order valence-electron chi connectivity index (χ3n) is 8.71. The van der Waals surface area contributed by atoms with E-state index in [0.717, 1.165) is 38.5 Å². The Morgan fingerprint density at radius 1 is 0.698 bits per heavy atom. The van der Waals surface area contributed by atoms with Crippen LogP contribution in [0.15, 0.2) is 0 Å². The summed E-state index contributed by atoms with van der Waals surface area (Å²) >= 11 is 0. The van der Waals surface area contributed by atoms with Gasteiger partial charge in [0.1, 0.15) is 24.4 Å². The van der Waals surface area contributed by atoms with Gasteiger partial charge in [-0.2, -0.15) is 0 Å². The van der Waals surface area contributed by atoms with Gasteiger partial charge in [0, 0.05) is 6.42 Å². The lowest BCUT2D eigenvalue weighted by molar-refractivity contribution is -0.302. The quantitative estimate of drug-likeness (QED) is 0.0651. The Bertz CT molecular complexity index is 652. The molecule has 1 amide bonds. The van der Waals surface area contributed by atoms with E-state index >= 15 is 0 Å². The number of rotatable bonds is 28. The molecule has 1 rings (SSSR count). The molecule has 6 N–H and O–H groups in total. The third-order valence-corrected chi connectivity index (χ3v) is 8.71. The Hall–Kier alpha value is -0.810.